The number of methoxy groups -OCH3 is 1. The number of benzene rings is 3. The molecule has 0 bridgehead atoms. The number of rotatable bonds is 7. The standard InChI is InChI=1S/C25H26N2O2/c1-18-9-6-14-24(19(18)2)29-16-8-15-27-23-13-5-4-12-22(23)26-25(27)20-10-7-11-21(17-20)28-3/h4-7,9-14,17H,8,15-16H2,1-3H3. The van der Waals surface area contributed by atoms with Crippen molar-refractivity contribution in [1.82, 2.24) is 9.55 Å². The molecule has 4 aromatic rings. The van der Waals surface area contributed by atoms with Gasteiger partial charge in [-0.15, -0.1) is 0 Å². The summed E-state index contributed by atoms with van der Waals surface area (Å²) in [7, 11) is 1.69. The average molecular weight is 386 g/mol. The van der Waals surface area contributed by atoms with Crippen LogP contribution in [0, 0.1) is 13.8 Å². The van der Waals surface area contributed by atoms with E-state index in [2.05, 4.69) is 48.7 Å². The lowest BCUT2D eigenvalue weighted by atomic mass is 10.1. The minimum atomic E-state index is 0.661. The first kappa shape index (κ1) is 19.1. The van der Waals surface area contributed by atoms with Gasteiger partial charge in [0.25, 0.3) is 0 Å². The van der Waals surface area contributed by atoms with E-state index in [1.54, 1.807) is 7.11 Å². The molecule has 0 unspecified atom stereocenters. The van der Waals surface area contributed by atoms with E-state index >= 15 is 0 Å². The van der Waals surface area contributed by atoms with Crippen molar-refractivity contribution in [3.63, 3.8) is 0 Å². The van der Waals surface area contributed by atoms with Crippen molar-refractivity contribution in [2.75, 3.05) is 13.7 Å². The fourth-order valence-corrected chi connectivity index (χ4v) is 3.57. The summed E-state index contributed by atoms with van der Waals surface area (Å²) >= 11 is 0. The first-order valence-corrected chi connectivity index (χ1v) is 9.96. The minimum absolute atomic E-state index is 0.661. The van der Waals surface area contributed by atoms with Crippen LogP contribution in [0.1, 0.15) is 17.5 Å². The molecule has 0 amide bonds. The monoisotopic (exact) mass is 386 g/mol. The maximum atomic E-state index is 6.06. The van der Waals surface area contributed by atoms with Crippen LogP contribution >= 0.6 is 0 Å². The fourth-order valence-electron chi connectivity index (χ4n) is 3.57. The van der Waals surface area contributed by atoms with E-state index in [1.165, 1.54) is 11.1 Å². The molecular weight excluding hydrogens is 360 g/mol. The van der Waals surface area contributed by atoms with Crippen molar-refractivity contribution < 1.29 is 9.47 Å². The zero-order valence-corrected chi connectivity index (χ0v) is 17.2. The Bertz CT molecular complexity index is 1130. The van der Waals surface area contributed by atoms with E-state index in [9.17, 15) is 0 Å². The van der Waals surface area contributed by atoms with Crippen molar-refractivity contribution in [2.24, 2.45) is 0 Å². The summed E-state index contributed by atoms with van der Waals surface area (Å²) in [6.07, 6.45) is 0.894. The van der Waals surface area contributed by atoms with Crippen LogP contribution in [0.4, 0.5) is 0 Å². The van der Waals surface area contributed by atoms with Crippen LogP contribution in [0.5, 0.6) is 11.5 Å². The predicted molar refractivity (Wildman–Crippen MR) is 118 cm³/mol. The lowest BCUT2D eigenvalue weighted by molar-refractivity contribution is 0.300. The van der Waals surface area contributed by atoms with Gasteiger partial charge in [-0.3, -0.25) is 0 Å². The molecule has 29 heavy (non-hydrogen) atoms. The highest BCUT2D eigenvalue weighted by Crippen LogP contribution is 2.28. The van der Waals surface area contributed by atoms with Gasteiger partial charge in [0.1, 0.15) is 17.3 Å². The number of aryl methyl sites for hydroxylation is 2. The van der Waals surface area contributed by atoms with Crippen LogP contribution in [-0.2, 0) is 6.54 Å². The molecule has 0 aliphatic carbocycles. The Morgan fingerprint density at radius 1 is 0.931 bits per heavy atom. The zero-order chi connectivity index (χ0) is 20.2. The second-order valence-electron chi connectivity index (χ2n) is 7.21. The highest BCUT2D eigenvalue weighted by atomic mass is 16.5. The normalized spacial score (nSPS) is 11.0. The van der Waals surface area contributed by atoms with Gasteiger partial charge in [0.05, 0.1) is 24.8 Å². The third-order valence-corrected chi connectivity index (χ3v) is 5.32. The summed E-state index contributed by atoms with van der Waals surface area (Å²) in [5.41, 5.74) is 5.65. The van der Waals surface area contributed by atoms with Gasteiger partial charge in [-0.1, -0.05) is 36.4 Å². The highest BCUT2D eigenvalue weighted by Gasteiger charge is 2.13. The Kier molecular flexibility index (Phi) is 5.52. The number of fused-ring (bicyclic) bond motifs is 1. The van der Waals surface area contributed by atoms with Crippen LogP contribution in [0.2, 0.25) is 0 Å². The summed E-state index contributed by atoms with van der Waals surface area (Å²) in [4.78, 5) is 4.89. The molecule has 0 spiro atoms. The molecule has 1 heterocycles. The maximum absolute atomic E-state index is 6.06. The molecule has 0 saturated carbocycles. The Morgan fingerprint density at radius 2 is 1.76 bits per heavy atom. The Morgan fingerprint density at radius 3 is 2.62 bits per heavy atom. The quantitative estimate of drug-likeness (QED) is 0.377. The largest absolute Gasteiger partial charge is 0.497 e. The van der Waals surface area contributed by atoms with E-state index in [0.717, 1.165) is 46.9 Å². The molecule has 3 aromatic carbocycles. The molecule has 0 radical (unpaired) electrons. The Balaban J connectivity index is 1.57. The zero-order valence-electron chi connectivity index (χ0n) is 17.2. The minimum Gasteiger partial charge on any atom is -0.497 e. The van der Waals surface area contributed by atoms with Gasteiger partial charge in [-0.05, 0) is 61.7 Å². The smallest absolute Gasteiger partial charge is 0.141 e. The van der Waals surface area contributed by atoms with Gasteiger partial charge in [0.15, 0.2) is 0 Å². The highest BCUT2D eigenvalue weighted by molar-refractivity contribution is 5.80. The van der Waals surface area contributed by atoms with Crippen molar-refractivity contribution >= 4 is 11.0 Å². The second-order valence-corrected chi connectivity index (χ2v) is 7.21. The van der Waals surface area contributed by atoms with Gasteiger partial charge in [-0.25, -0.2) is 4.98 Å². The molecule has 0 fully saturated rings. The summed E-state index contributed by atoms with van der Waals surface area (Å²) < 4.78 is 13.7. The van der Waals surface area contributed by atoms with E-state index < -0.39 is 0 Å². The molecule has 0 aliphatic rings. The topological polar surface area (TPSA) is 36.3 Å². The first-order chi connectivity index (χ1) is 14.2. The third-order valence-electron chi connectivity index (χ3n) is 5.32. The molecule has 4 nitrogen and oxygen atoms in total. The fraction of sp³-hybridized carbons (Fsp3) is 0.240. The summed E-state index contributed by atoms with van der Waals surface area (Å²) in [6, 6.07) is 22.5. The van der Waals surface area contributed by atoms with Crippen molar-refractivity contribution in [3.8, 4) is 22.9 Å². The third kappa shape index (κ3) is 3.97. The summed E-state index contributed by atoms with van der Waals surface area (Å²) in [5, 5.41) is 0. The second kappa shape index (κ2) is 8.39. The number of hydrogen-bond acceptors (Lipinski definition) is 3. The Hall–Kier alpha value is -3.27. The van der Waals surface area contributed by atoms with Gasteiger partial charge >= 0.3 is 0 Å². The maximum Gasteiger partial charge on any atom is 0.141 e. The molecule has 4 heteroatoms. The number of hydrogen-bond donors (Lipinski definition) is 0. The van der Waals surface area contributed by atoms with Gasteiger partial charge in [-0.2, -0.15) is 0 Å². The van der Waals surface area contributed by atoms with E-state index in [0.29, 0.717) is 6.61 Å². The van der Waals surface area contributed by atoms with Crippen LogP contribution in [0.25, 0.3) is 22.4 Å². The number of ether oxygens (including phenoxy) is 2. The molecular formula is C25H26N2O2. The van der Waals surface area contributed by atoms with Crippen LogP contribution in [0.15, 0.2) is 66.7 Å². The molecule has 0 atom stereocenters. The average Bonchev–Trinajstić information content (AvgIpc) is 3.13. The van der Waals surface area contributed by atoms with E-state index in [4.69, 9.17) is 14.5 Å². The first-order valence-electron chi connectivity index (χ1n) is 9.96. The predicted octanol–water partition coefficient (Wildman–Crippen LogP) is 5.80. The van der Waals surface area contributed by atoms with E-state index in [1.807, 2.05) is 36.4 Å². The van der Waals surface area contributed by atoms with Gasteiger partial charge in [0, 0.05) is 12.1 Å². The summed E-state index contributed by atoms with van der Waals surface area (Å²) in [6.45, 7) is 5.71. The molecule has 1 aromatic heterocycles. The van der Waals surface area contributed by atoms with Crippen molar-refractivity contribution in [3.05, 3.63) is 77.9 Å². The van der Waals surface area contributed by atoms with Crippen LogP contribution < -0.4 is 9.47 Å². The summed E-state index contributed by atoms with van der Waals surface area (Å²) in [5.74, 6) is 2.75. The molecule has 0 aliphatic heterocycles. The van der Waals surface area contributed by atoms with E-state index in [-0.39, 0.29) is 0 Å². The molecule has 148 valence electrons. The lowest BCUT2D eigenvalue weighted by Gasteiger charge is -2.13. The van der Waals surface area contributed by atoms with Gasteiger partial charge in [0.2, 0.25) is 0 Å². The van der Waals surface area contributed by atoms with Crippen LogP contribution in [0.3, 0.4) is 0 Å². The Labute approximate surface area is 171 Å². The number of aromatic nitrogens is 2. The van der Waals surface area contributed by atoms with Gasteiger partial charge < -0.3 is 14.0 Å². The number of nitrogens with zero attached hydrogens (tertiary/aromatic N) is 2. The molecule has 0 N–H and O–H groups in total. The number of para-hydroxylation sites is 2. The number of imidazole rings is 1. The molecule has 4 rings (SSSR count). The SMILES string of the molecule is COc1cccc(-c2nc3ccccc3n2CCCOc2cccc(C)c2C)c1. The van der Waals surface area contributed by atoms with Crippen molar-refractivity contribution in [1.29, 1.82) is 0 Å². The molecule has 0 saturated heterocycles. The van der Waals surface area contributed by atoms with Crippen molar-refractivity contribution in [2.45, 2.75) is 26.8 Å². The van der Waals surface area contributed by atoms with Crippen LogP contribution in [-0.4, -0.2) is 23.3 Å². The lowest BCUT2D eigenvalue weighted by Crippen LogP contribution is -2.07.